The fourth-order valence-electron chi connectivity index (χ4n) is 1.93. The van der Waals surface area contributed by atoms with Crippen LogP contribution in [-0.4, -0.2) is 29.4 Å². The fraction of sp³-hybridized carbons (Fsp3) is 0.455. The van der Waals surface area contributed by atoms with Crippen LogP contribution in [0.3, 0.4) is 0 Å². The van der Waals surface area contributed by atoms with Crippen molar-refractivity contribution in [2.75, 3.05) is 13.6 Å². The number of thiophene rings is 1. The molecule has 1 aliphatic carbocycles. The van der Waals surface area contributed by atoms with Crippen LogP contribution in [-0.2, 0) is 12.8 Å². The lowest BCUT2D eigenvalue weighted by atomic mass is 10.2. The Bertz CT molecular complexity index is 418. The summed E-state index contributed by atoms with van der Waals surface area (Å²) in [5.74, 6) is 0.0206. The van der Waals surface area contributed by atoms with Crippen molar-refractivity contribution < 1.29 is 4.79 Å². The molecule has 0 aromatic carbocycles. The molecule has 5 heteroatoms. The summed E-state index contributed by atoms with van der Waals surface area (Å²) < 4.78 is 0. The van der Waals surface area contributed by atoms with E-state index in [9.17, 15) is 4.79 Å². The van der Waals surface area contributed by atoms with Crippen LogP contribution in [0.2, 0.25) is 0 Å². The van der Waals surface area contributed by atoms with Gasteiger partial charge in [0, 0.05) is 11.9 Å². The Morgan fingerprint density at radius 2 is 2.38 bits per heavy atom. The molecule has 2 N–H and O–H groups in total. The van der Waals surface area contributed by atoms with E-state index in [0.717, 1.165) is 17.7 Å². The van der Waals surface area contributed by atoms with E-state index in [4.69, 9.17) is 18.0 Å². The van der Waals surface area contributed by atoms with Crippen LogP contribution >= 0.6 is 23.6 Å². The lowest BCUT2D eigenvalue weighted by Crippen LogP contribution is -2.34. The van der Waals surface area contributed by atoms with Crippen LogP contribution < -0.4 is 5.73 Å². The summed E-state index contributed by atoms with van der Waals surface area (Å²) in [6, 6.07) is 2.02. The Balaban J connectivity index is 2.11. The van der Waals surface area contributed by atoms with Gasteiger partial charge in [0.2, 0.25) is 0 Å². The number of carbonyl (C=O) groups is 1. The molecular formula is C11H14N2OS2. The molecule has 1 amide bonds. The summed E-state index contributed by atoms with van der Waals surface area (Å²) in [4.78, 5) is 16.1. The first kappa shape index (κ1) is 11.5. The first-order valence-electron chi connectivity index (χ1n) is 5.23. The second-order valence-corrected chi connectivity index (χ2v) is 5.70. The van der Waals surface area contributed by atoms with E-state index in [1.807, 2.05) is 6.07 Å². The number of fused-ring (bicyclic) bond motifs is 1. The predicted octanol–water partition coefficient (Wildman–Crippen LogP) is 1.59. The van der Waals surface area contributed by atoms with Crippen molar-refractivity contribution in [3.05, 3.63) is 21.4 Å². The third-order valence-corrected chi connectivity index (χ3v) is 4.05. The van der Waals surface area contributed by atoms with Crippen molar-refractivity contribution in [2.24, 2.45) is 5.73 Å². The van der Waals surface area contributed by atoms with Crippen LogP contribution in [0, 0.1) is 0 Å². The van der Waals surface area contributed by atoms with Crippen LogP contribution in [0.15, 0.2) is 6.07 Å². The van der Waals surface area contributed by atoms with E-state index >= 15 is 0 Å². The fourth-order valence-corrected chi connectivity index (χ4v) is 3.37. The minimum Gasteiger partial charge on any atom is -0.392 e. The molecule has 0 atom stereocenters. The van der Waals surface area contributed by atoms with E-state index in [-0.39, 0.29) is 5.91 Å². The number of rotatable bonds is 3. The van der Waals surface area contributed by atoms with Crippen molar-refractivity contribution in [1.29, 1.82) is 0 Å². The Hall–Kier alpha value is -0.940. The Morgan fingerprint density at radius 3 is 3.00 bits per heavy atom. The van der Waals surface area contributed by atoms with Gasteiger partial charge >= 0.3 is 0 Å². The number of nitrogens with two attached hydrogens (primary N) is 1. The number of nitrogens with zero attached hydrogens (tertiary/aromatic N) is 1. The highest BCUT2D eigenvalue weighted by atomic mass is 32.1. The molecule has 0 fully saturated rings. The molecular weight excluding hydrogens is 240 g/mol. The van der Waals surface area contributed by atoms with Gasteiger partial charge in [-0.2, -0.15) is 0 Å². The minimum absolute atomic E-state index is 0.0206. The molecule has 0 unspecified atom stereocenters. The molecule has 86 valence electrons. The Morgan fingerprint density at radius 1 is 1.62 bits per heavy atom. The highest BCUT2D eigenvalue weighted by molar-refractivity contribution is 7.80. The summed E-state index contributed by atoms with van der Waals surface area (Å²) in [6.45, 7) is 0.344. The first-order valence-corrected chi connectivity index (χ1v) is 6.45. The number of hydrogen-bond donors (Lipinski definition) is 1. The first-order chi connectivity index (χ1) is 7.58. The maximum atomic E-state index is 12.0. The smallest absolute Gasteiger partial charge is 0.264 e. The predicted molar refractivity (Wildman–Crippen MR) is 70.1 cm³/mol. The maximum Gasteiger partial charge on any atom is 0.264 e. The number of hydrogen-bond acceptors (Lipinski definition) is 3. The van der Waals surface area contributed by atoms with Crippen LogP contribution in [0.1, 0.15) is 26.5 Å². The van der Waals surface area contributed by atoms with Crippen LogP contribution in [0.25, 0.3) is 0 Å². The molecule has 3 nitrogen and oxygen atoms in total. The number of carbonyl (C=O) groups excluding carboxylic acids is 1. The van der Waals surface area contributed by atoms with Crippen molar-refractivity contribution in [2.45, 2.75) is 19.3 Å². The maximum absolute atomic E-state index is 12.0. The number of amides is 1. The third kappa shape index (κ3) is 2.25. The number of likely N-dealkylation sites (N-methyl/N-ethyl adjacent to an activating group) is 1. The van der Waals surface area contributed by atoms with Gasteiger partial charge in [-0.05, 0) is 30.9 Å². The van der Waals surface area contributed by atoms with Crippen LogP contribution in [0.4, 0.5) is 0 Å². The van der Waals surface area contributed by atoms with Crippen LogP contribution in [0.5, 0.6) is 0 Å². The van der Waals surface area contributed by atoms with Gasteiger partial charge in [0.15, 0.2) is 0 Å². The molecule has 0 saturated heterocycles. The van der Waals surface area contributed by atoms with E-state index in [1.54, 1.807) is 23.3 Å². The van der Waals surface area contributed by atoms with Crippen molar-refractivity contribution in [1.82, 2.24) is 4.90 Å². The number of aryl methyl sites for hydroxylation is 2. The van der Waals surface area contributed by atoms with Crippen molar-refractivity contribution in [3.63, 3.8) is 0 Å². The molecule has 1 aromatic heterocycles. The summed E-state index contributed by atoms with van der Waals surface area (Å²) in [5.41, 5.74) is 6.77. The molecule has 1 aliphatic rings. The second-order valence-electron chi connectivity index (χ2n) is 4.04. The topological polar surface area (TPSA) is 46.3 Å². The zero-order valence-electron chi connectivity index (χ0n) is 9.16. The molecule has 1 aromatic rings. The van der Waals surface area contributed by atoms with Gasteiger partial charge in [-0.15, -0.1) is 11.3 Å². The second kappa shape index (κ2) is 4.51. The highest BCUT2D eigenvalue weighted by Crippen LogP contribution is 2.31. The van der Waals surface area contributed by atoms with Gasteiger partial charge in [0.1, 0.15) is 0 Å². The molecule has 1 heterocycles. The van der Waals surface area contributed by atoms with E-state index in [1.165, 1.54) is 16.9 Å². The monoisotopic (exact) mass is 254 g/mol. The summed E-state index contributed by atoms with van der Waals surface area (Å²) >= 11 is 6.40. The standard InChI is InChI=1S/C11H14N2OS2/c1-13(6-10(12)15)11(14)9-5-7-3-2-4-8(7)16-9/h5H,2-4,6H2,1H3,(H2,12,15). The molecule has 0 aliphatic heterocycles. The van der Waals surface area contributed by atoms with Gasteiger partial charge in [-0.25, -0.2) is 0 Å². The molecule has 0 radical (unpaired) electrons. The van der Waals surface area contributed by atoms with E-state index in [2.05, 4.69) is 0 Å². The average molecular weight is 254 g/mol. The van der Waals surface area contributed by atoms with Crippen molar-refractivity contribution in [3.8, 4) is 0 Å². The summed E-state index contributed by atoms with van der Waals surface area (Å²) in [5, 5.41) is 0. The lowest BCUT2D eigenvalue weighted by Gasteiger charge is -2.14. The number of thiocarbonyl (C=S) groups is 1. The molecule has 0 spiro atoms. The minimum atomic E-state index is 0.0206. The molecule has 0 bridgehead atoms. The quantitative estimate of drug-likeness (QED) is 0.833. The SMILES string of the molecule is CN(CC(N)=S)C(=O)c1cc2c(s1)CCC2. The highest BCUT2D eigenvalue weighted by Gasteiger charge is 2.20. The normalized spacial score (nSPS) is 13.6. The largest absolute Gasteiger partial charge is 0.392 e. The zero-order valence-corrected chi connectivity index (χ0v) is 10.8. The summed E-state index contributed by atoms with van der Waals surface area (Å²) in [6.07, 6.45) is 3.45. The summed E-state index contributed by atoms with van der Waals surface area (Å²) in [7, 11) is 1.73. The average Bonchev–Trinajstić information content (AvgIpc) is 2.74. The van der Waals surface area contributed by atoms with Gasteiger partial charge in [-0.1, -0.05) is 12.2 Å². The van der Waals surface area contributed by atoms with Gasteiger partial charge in [0.05, 0.1) is 16.4 Å². The van der Waals surface area contributed by atoms with E-state index < -0.39 is 0 Å². The zero-order chi connectivity index (χ0) is 11.7. The van der Waals surface area contributed by atoms with Gasteiger partial charge in [0.25, 0.3) is 5.91 Å². The molecule has 0 saturated carbocycles. The Labute approximate surface area is 104 Å². The third-order valence-electron chi connectivity index (χ3n) is 2.70. The molecule has 2 rings (SSSR count). The van der Waals surface area contributed by atoms with Gasteiger partial charge in [-0.3, -0.25) is 4.79 Å². The van der Waals surface area contributed by atoms with E-state index in [0.29, 0.717) is 11.5 Å². The lowest BCUT2D eigenvalue weighted by molar-refractivity contribution is 0.0819. The van der Waals surface area contributed by atoms with Gasteiger partial charge < -0.3 is 10.6 Å². The Kier molecular flexibility index (Phi) is 3.25. The molecule has 16 heavy (non-hydrogen) atoms. The van der Waals surface area contributed by atoms with Crippen molar-refractivity contribution >= 4 is 34.5 Å².